The molecular formula is C48H56N14O9. The first kappa shape index (κ1) is 50.4. The van der Waals surface area contributed by atoms with Crippen molar-refractivity contribution in [1.29, 1.82) is 0 Å². The standard InChI is InChI=1S/C47H51N13O9.CH5N/c1-6-59-34(18-27(3)53-59)44(66)51-46-49-32-20-30(26-61)21-37(69-17-13-29-24-55(25-29)38(62)12-16-56-39(63)10-11-40(56)64)42(32)58(46)15-9-8-14-57-41-33(22-31(43(48)65)23-36(41)68-5)50-47(57)52-45(67)35-19-28(4)54-60(35)7-2;1-2/h8-11,18-23,26,29H,6-7,12-17,24-25H2,1-5H3,(H2,48,65)(H,49,51,66)(H,50,52,67);2H2,1H3/b9-8+;. The van der Waals surface area contributed by atoms with Gasteiger partial charge in [0.2, 0.25) is 23.7 Å². The molecule has 0 atom stereocenters. The summed E-state index contributed by atoms with van der Waals surface area (Å²) in [6, 6.07) is 9.59. The maximum absolute atomic E-state index is 13.9. The zero-order valence-corrected chi connectivity index (χ0v) is 40.3. The number of aryl methyl sites for hydroxylation is 4. The number of imidazole rings is 2. The number of likely N-dealkylation sites (tertiary alicyclic amines) is 1. The van der Waals surface area contributed by atoms with E-state index in [2.05, 4.69) is 26.6 Å². The molecule has 23 nitrogen and oxygen atoms in total. The molecule has 8 rings (SSSR count). The molecule has 0 saturated carbocycles. The molecule has 0 unspecified atom stereocenters. The number of allylic oxidation sites excluding steroid dienone is 2. The fourth-order valence-electron chi connectivity index (χ4n) is 8.44. The summed E-state index contributed by atoms with van der Waals surface area (Å²) in [7, 11) is 2.95. The molecule has 2 aliphatic heterocycles. The van der Waals surface area contributed by atoms with E-state index >= 15 is 0 Å². The summed E-state index contributed by atoms with van der Waals surface area (Å²) in [5, 5.41) is 14.7. The number of benzene rings is 2. The lowest BCUT2D eigenvalue weighted by atomic mass is 9.96. The fraction of sp³-hybridized carbons (Fsp3) is 0.354. The van der Waals surface area contributed by atoms with Gasteiger partial charge in [0.15, 0.2) is 0 Å². The Morgan fingerprint density at radius 3 is 1.82 bits per heavy atom. The molecule has 6 aromatic rings. The maximum atomic E-state index is 13.9. The van der Waals surface area contributed by atoms with Gasteiger partial charge >= 0.3 is 0 Å². The Kier molecular flexibility index (Phi) is 15.5. The van der Waals surface area contributed by atoms with Gasteiger partial charge < -0.3 is 35.0 Å². The molecule has 1 fully saturated rings. The lowest BCUT2D eigenvalue weighted by Gasteiger charge is -2.39. The smallest absolute Gasteiger partial charge is 0.276 e. The number of nitrogens with zero attached hydrogens (tertiary/aromatic N) is 10. The van der Waals surface area contributed by atoms with Crippen molar-refractivity contribution < 1.29 is 43.0 Å². The van der Waals surface area contributed by atoms with Gasteiger partial charge in [-0.2, -0.15) is 10.2 Å². The SMILES string of the molecule is CCn1nc(C)cc1C(=O)Nc1nc2cc(C(N)=O)cc(OC)c2n1C/C=C/Cn1c(NC(=O)c2cc(C)nn2CC)nc2cc(C=O)cc(OCCC3CN(C(=O)CCN4C(=O)C=CC4=O)C3)c21.CN. The van der Waals surface area contributed by atoms with Crippen molar-refractivity contribution in [3.05, 3.63) is 94.6 Å². The number of rotatable bonds is 20. The zero-order valence-electron chi connectivity index (χ0n) is 40.3. The predicted octanol–water partition coefficient (Wildman–Crippen LogP) is 3.23. The van der Waals surface area contributed by atoms with Gasteiger partial charge in [0.05, 0.1) is 36.1 Å². The highest BCUT2D eigenvalue weighted by Crippen LogP contribution is 2.33. The largest absolute Gasteiger partial charge is 0.494 e. The average molecular weight is 973 g/mol. The van der Waals surface area contributed by atoms with Crippen molar-refractivity contribution in [2.24, 2.45) is 17.4 Å². The third-order valence-electron chi connectivity index (χ3n) is 11.9. The Balaban J connectivity index is 0.00000366. The van der Waals surface area contributed by atoms with Gasteiger partial charge in [-0.05, 0) is 83.5 Å². The number of fused-ring (bicyclic) bond motifs is 2. The molecule has 6 heterocycles. The molecule has 2 aromatic carbocycles. The quantitative estimate of drug-likeness (QED) is 0.0486. The van der Waals surface area contributed by atoms with Crippen LogP contribution in [0.25, 0.3) is 22.1 Å². The van der Waals surface area contributed by atoms with Gasteiger partial charge in [-0.3, -0.25) is 58.5 Å². The van der Waals surface area contributed by atoms with Crippen LogP contribution in [0.15, 0.2) is 60.7 Å². The second-order valence-corrected chi connectivity index (χ2v) is 16.6. The number of carbonyl (C=O) groups is 7. The lowest BCUT2D eigenvalue weighted by molar-refractivity contribution is -0.140. The van der Waals surface area contributed by atoms with Crippen LogP contribution in [-0.2, 0) is 40.6 Å². The second-order valence-electron chi connectivity index (χ2n) is 16.6. The van der Waals surface area contributed by atoms with E-state index in [9.17, 15) is 33.6 Å². The molecule has 0 bridgehead atoms. The van der Waals surface area contributed by atoms with E-state index in [1.807, 2.05) is 26.0 Å². The van der Waals surface area contributed by atoms with Crippen LogP contribution in [-0.4, -0.2) is 131 Å². The number of methoxy groups -OCH3 is 1. The summed E-state index contributed by atoms with van der Waals surface area (Å²) in [6.07, 6.45) is 7.33. The van der Waals surface area contributed by atoms with Crippen molar-refractivity contribution in [1.82, 2.24) is 48.5 Å². The van der Waals surface area contributed by atoms with E-state index in [1.54, 1.807) is 61.5 Å². The number of anilines is 2. The Morgan fingerprint density at radius 2 is 1.31 bits per heavy atom. The first-order valence-electron chi connectivity index (χ1n) is 23.0. The minimum absolute atomic E-state index is 0.0181. The van der Waals surface area contributed by atoms with Crippen LogP contribution in [0.2, 0.25) is 0 Å². The Bertz CT molecular complexity index is 3100. The summed E-state index contributed by atoms with van der Waals surface area (Å²) in [5.74, 6) is -1.52. The summed E-state index contributed by atoms with van der Waals surface area (Å²) in [6.45, 7) is 9.72. The van der Waals surface area contributed by atoms with Gasteiger partial charge in [-0.15, -0.1) is 0 Å². The van der Waals surface area contributed by atoms with E-state index in [4.69, 9.17) is 25.2 Å². The highest BCUT2D eigenvalue weighted by Gasteiger charge is 2.32. The van der Waals surface area contributed by atoms with Crippen LogP contribution >= 0.6 is 0 Å². The number of ether oxygens (including phenoxy) is 2. The highest BCUT2D eigenvalue weighted by molar-refractivity contribution is 6.13. The monoisotopic (exact) mass is 972 g/mol. The van der Waals surface area contributed by atoms with Crippen LogP contribution in [0, 0.1) is 19.8 Å². The molecule has 0 aliphatic carbocycles. The van der Waals surface area contributed by atoms with Crippen molar-refractivity contribution >= 4 is 75.7 Å². The molecule has 23 heteroatoms. The summed E-state index contributed by atoms with van der Waals surface area (Å²) in [5.41, 5.74) is 14.3. The van der Waals surface area contributed by atoms with Gasteiger partial charge in [0.1, 0.15) is 40.2 Å². The van der Waals surface area contributed by atoms with Crippen LogP contribution < -0.4 is 31.6 Å². The summed E-state index contributed by atoms with van der Waals surface area (Å²) < 4.78 is 18.7. The second kappa shape index (κ2) is 21.9. The number of aromatic nitrogens is 8. The van der Waals surface area contributed by atoms with Gasteiger partial charge in [0, 0.05) is 75.5 Å². The van der Waals surface area contributed by atoms with Crippen molar-refractivity contribution in [3.8, 4) is 11.5 Å². The molecule has 0 radical (unpaired) electrons. The molecular weight excluding hydrogens is 917 g/mol. The van der Waals surface area contributed by atoms with Crippen LogP contribution in [0.3, 0.4) is 0 Å². The van der Waals surface area contributed by atoms with Crippen molar-refractivity contribution in [2.45, 2.75) is 66.7 Å². The van der Waals surface area contributed by atoms with E-state index in [0.29, 0.717) is 101 Å². The maximum Gasteiger partial charge on any atom is 0.276 e. The third kappa shape index (κ3) is 10.7. The van der Waals surface area contributed by atoms with Gasteiger partial charge in [-0.25, -0.2) is 9.97 Å². The molecule has 4 aromatic heterocycles. The fourth-order valence-corrected chi connectivity index (χ4v) is 8.44. The number of nitrogens with two attached hydrogens (primary N) is 2. The van der Waals surface area contributed by atoms with Crippen molar-refractivity contribution in [2.75, 3.05) is 51.0 Å². The highest BCUT2D eigenvalue weighted by atomic mass is 16.5. The number of amides is 6. The Labute approximate surface area is 407 Å². The van der Waals surface area contributed by atoms with Crippen molar-refractivity contribution in [3.63, 3.8) is 0 Å². The summed E-state index contributed by atoms with van der Waals surface area (Å²) >= 11 is 0. The van der Waals surface area contributed by atoms with Crippen LogP contribution in [0.4, 0.5) is 11.9 Å². The first-order chi connectivity index (χ1) is 34.2. The van der Waals surface area contributed by atoms with E-state index in [0.717, 1.165) is 4.90 Å². The topological polar surface area (TPSA) is 292 Å². The first-order valence-corrected chi connectivity index (χ1v) is 23.0. The Hall–Kier alpha value is -8.47. The van der Waals surface area contributed by atoms with Crippen LogP contribution in [0.1, 0.15) is 79.8 Å². The van der Waals surface area contributed by atoms with E-state index < -0.39 is 29.5 Å². The number of hydrogen-bond donors (Lipinski definition) is 4. The van der Waals surface area contributed by atoms with Gasteiger partial charge in [0.25, 0.3) is 23.6 Å². The molecule has 1 saturated heterocycles. The Morgan fingerprint density at radius 1 is 0.775 bits per heavy atom. The minimum atomic E-state index is -0.685. The number of nitrogens with one attached hydrogen (secondary N) is 2. The van der Waals surface area contributed by atoms with E-state index in [1.165, 1.54) is 38.4 Å². The van der Waals surface area contributed by atoms with Gasteiger partial charge in [-0.1, -0.05) is 12.2 Å². The summed E-state index contributed by atoms with van der Waals surface area (Å²) in [4.78, 5) is 101. The minimum Gasteiger partial charge on any atom is -0.494 e. The molecule has 71 heavy (non-hydrogen) atoms. The molecule has 372 valence electrons. The molecule has 6 N–H and O–H groups in total. The molecule has 0 spiro atoms. The number of primary amides is 1. The van der Waals surface area contributed by atoms with E-state index in [-0.39, 0.29) is 61.9 Å². The third-order valence-corrected chi connectivity index (χ3v) is 11.9. The number of hydrogen-bond acceptors (Lipinski definition) is 14. The predicted molar refractivity (Wildman–Crippen MR) is 261 cm³/mol. The normalized spacial score (nSPS) is 13.5. The zero-order chi connectivity index (χ0) is 51.1. The molecule has 6 amide bonds. The molecule has 2 aliphatic rings. The number of aldehydes is 1. The van der Waals surface area contributed by atoms with Crippen LogP contribution in [0.5, 0.6) is 11.5 Å². The average Bonchev–Trinajstić information content (AvgIpc) is 4.17. The lowest BCUT2D eigenvalue weighted by Crippen LogP contribution is -2.51. The number of imide groups is 1. The number of carbonyl (C=O) groups excluding carboxylic acids is 7.